The molecule has 2 aromatic carbocycles. The van der Waals surface area contributed by atoms with Gasteiger partial charge in [0.1, 0.15) is 5.48 Å². The number of aliphatic hydroxyl groups excluding tert-OH is 1. The number of ketones is 1. The Bertz CT molecular complexity index is 1760. The van der Waals surface area contributed by atoms with Crippen LogP contribution in [0.1, 0.15) is 82.4 Å². The van der Waals surface area contributed by atoms with E-state index in [2.05, 4.69) is 0 Å². The molecule has 1 N–H and O–H groups in total. The average molecular weight is 489 g/mol. The molecule has 34 heavy (non-hydrogen) atoms. The topological polar surface area (TPSA) is 74.2 Å². The fraction of sp³-hybridized carbons (Fsp3) is 0.393. The molecule has 0 fully saturated rings. The minimum Gasteiger partial charge on any atom is -0.454 e. The van der Waals surface area contributed by atoms with Gasteiger partial charge in [-0.3, -0.25) is 4.79 Å². The second kappa shape index (κ2) is 10.3. The van der Waals surface area contributed by atoms with Gasteiger partial charge in [-0.05, 0) is 46.9 Å². The summed E-state index contributed by atoms with van der Waals surface area (Å²) in [5, 5.41) is 10.4. The van der Waals surface area contributed by atoms with Crippen LogP contribution in [0.5, 0.6) is 23.0 Å². The molecule has 0 saturated carbocycles. The summed E-state index contributed by atoms with van der Waals surface area (Å²) >= 11 is 0. The summed E-state index contributed by atoms with van der Waals surface area (Å²) in [7, 11) is 0. The molecule has 2 aliphatic heterocycles. The first-order valence-corrected chi connectivity index (χ1v) is 9.48. The van der Waals surface area contributed by atoms with Gasteiger partial charge in [-0.15, -0.1) is 0 Å². The molecule has 2 aliphatic rings. The van der Waals surface area contributed by atoms with Crippen molar-refractivity contribution in [2.24, 2.45) is 10.8 Å². The highest BCUT2D eigenvalue weighted by Crippen LogP contribution is 2.34. The van der Waals surface area contributed by atoms with Crippen molar-refractivity contribution in [1.29, 1.82) is 0 Å². The molecule has 0 saturated heterocycles. The molecular formula is C28H34O6. The molecule has 0 bridgehead atoms. The summed E-state index contributed by atoms with van der Waals surface area (Å²) in [5.41, 5.74) is -6.52. The van der Waals surface area contributed by atoms with Gasteiger partial charge in [-0.25, -0.2) is 0 Å². The predicted molar refractivity (Wildman–Crippen MR) is 133 cm³/mol. The molecule has 182 valence electrons. The van der Waals surface area contributed by atoms with E-state index in [4.69, 9.17) is 49.1 Å². The number of rotatable bonds is 4. The monoisotopic (exact) mass is 488 g/mol. The lowest BCUT2D eigenvalue weighted by atomic mass is 9.89. The third kappa shape index (κ3) is 6.87. The zero-order valence-electron chi connectivity index (χ0n) is 39.3. The third-order valence-electron chi connectivity index (χ3n) is 4.25. The number of fused-ring (bicyclic) bond motifs is 2. The zero-order chi connectivity index (χ0) is 43.5. The molecule has 0 amide bonds. The van der Waals surface area contributed by atoms with Crippen molar-refractivity contribution in [3.8, 4) is 23.0 Å². The van der Waals surface area contributed by atoms with Gasteiger partial charge in [-0.1, -0.05) is 71.5 Å². The van der Waals surface area contributed by atoms with Gasteiger partial charge in [0.2, 0.25) is 13.5 Å². The Balaban J connectivity index is 0.000000300. The van der Waals surface area contributed by atoms with Crippen molar-refractivity contribution in [3.05, 3.63) is 59.7 Å². The van der Waals surface area contributed by atoms with E-state index >= 15 is 0 Å². The number of benzene rings is 2. The van der Waals surface area contributed by atoms with E-state index in [0.29, 0.717) is 6.08 Å². The van der Waals surface area contributed by atoms with Gasteiger partial charge >= 0.3 is 0 Å². The third-order valence-corrected chi connectivity index (χ3v) is 4.25. The standard InChI is InChI=1S/C14H18O3.C14H16O3/c2*1-14(2,3)13(15)7-5-10-4-6-11-12(8-10)17-9-16-11/h4-8,13,15H,9H2,1-3H3;4-8H,9H2,1-3H3/b2*7-5+/i2*1D3,2D3,3D3,9D2. The summed E-state index contributed by atoms with van der Waals surface area (Å²) in [6.07, 6.45) is 1.14. The maximum Gasteiger partial charge on any atom is 0.231 e. The lowest BCUT2D eigenvalue weighted by Crippen LogP contribution is -2.23. The van der Waals surface area contributed by atoms with Crippen molar-refractivity contribution in [2.45, 2.75) is 47.2 Å². The second-order valence-electron chi connectivity index (χ2n) is 7.05. The number of carbonyl (C=O) groups is 1. The number of hydrogen-bond acceptors (Lipinski definition) is 6. The Morgan fingerprint density at radius 1 is 0.882 bits per heavy atom. The van der Waals surface area contributed by atoms with Crippen molar-refractivity contribution in [2.75, 3.05) is 13.5 Å². The molecule has 0 aromatic heterocycles. The Labute approximate surface area is 232 Å². The van der Waals surface area contributed by atoms with Crippen LogP contribution < -0.4 is 18.9 Å². The fourth-order valence-electron chi connectivity index (χ4n) is 2.45. The smallest absolute Gasteiger partial charge is 0.231 e. The van der Waals surface area contributed by atoms with Crippen molar-refractivity contribution >= 4 is 17.9 Å². The highest BCUT2D eigenvalue weighted by Gasteiger charge is 2.20. The number of ether oxygens (including phenoxy) is 4. The van der Waals surface area contributed by atoms with Gasteiger partial charge in [0.15, 0.2) is 28.8 Å². The summed E-state index contributed by atoms with van der Waals surface area (Å²) < 4.78 is 184. The van der Waals surface area contributed by atoms with E-state index in [1.54, 1.807) is 0 Å². The number of allylic oxidation sites excluding steroid dienone is 1. The molecular weight excluding hydrogens is 432 g/mol. The maximum atomic E-state index is 12.6. The lowest BCUT2D eigenvalue weighted by molar-refractivity contribution is -0.121. The van der Waals surface area contributed by atoms with Gasteiger partial charge < -0.3 is 24.1 Å². The molecule has 0 aliphatic carbocycles. The SMILES string of the molecule is [2H]C1([2H])Oc2ccc(/C=C/C(=O)C(C([2H])([2H])[2H])(C([2H])([2H])[2H])C([2H])([2H])[2H])cc2O1.[2H]C1([2H])Oc2ccc(/C=C/C(O)C(C([2H])([2H])[2H])(C([2H])([2H])[2H])C([2H])([2H])[2H])cc2O1. The number of aliphatic hydroxyl groups is 1. The van der Waals surface area contributed by atoms with Crippen LogP contribution >= 0.6 is 0 Å². The number of hydrogen-bond donors (Lipinski definition) is 1. The minimum atomic E-state index is -3.63. The zero-order valence-corrected chi connectivity index (χ0v) is 17.3. The first kappa shape index (κ1) is 9.08. The first-order chi connectivity index (χ1) is 24.8. The highest BCUT2D eigenvalue weighted by atomic mass is 16.7. The fourth-order valence-corrected chi connectivity index (χ4v) is 2.45. The van der Waals surface area contributed by atoms with E-state index in [0.717, 1.165) is 18.2 Å². The molecule has 6 heteroatoms. The van der Waals surface area contributed by atoms with Crippen LogP contribution in [0.15, 0.2) is 48.6 Å². The molecule has 2 heterocycles. The summed E-state index contributed by atoms with van der Waals surface area (Å²) in [6, 6.07) is 8.05. The summed E-state index contributed by atoms with van der Waals surface area (Å²) in [5.74, 6) is -1.34. The van der Waals surface area contributed by atoms with E-state index in [9.17, 15) is 9.90 Å². The molecule has 1 atom stereocenters. The van der Waals surface area contributed by atoms with Crippen LogP contribution in [-0.2, 0) is 4.79 Å². The van der Waals surface area contributed by atoms with Crippen molar-refractivity contribution in [1.82, 2.24) is 0 Å². The van der Waals surface area contributed by atoms with Crippen molar-refractivity contribution in [3.63, 3.8) is 0 Å². The Morgan fingerprint density at radius 3 is 1.94 bits per heavy atom. The average Bonchev–Trinajstić information content (AvgIpc) is 3.42. The van der Waals surface area contributed by atoms with Crippen LogP contribution in [0, 0.1) is 10.8 Å². The summed E-state index contributed by atoms with van der Waals surface area (Å²) in [4.78, 5) is 12.6. The molecule has 1 unspecified atom stereocenters. The quantitative estimate of drug-likeness (QED) is 0.542. The molecule has 0 radical (unpaired) electrons. The molecule has 2 aromatic rings. The molecule has 4 rings (SSSR count). The van der Waals surface area contributed by atoms with E-state index in [-0.39, 0.29) is 34.1 Å². The van der Waals surface area contributed by atoms with Crippen LogP contribution in [0.3, 0.4) is 0 Å². The van der Waals surface area contributed by atoms with E-state index < -0.39 is 77.3 Å². The Hall–Kier alpha value is -3.25. The molecule has 0 spiro atoms. The van der Waals surface area contributed by atoms with Gasteiger partial charge in [0.05, 0.1) is 6.10 Å². The van der Waals surface area contributed by atoms with Gasteiger partial charge in [0.25, 0.3) is 0 Å². The lowest BCUT2D eigenvalue weighted by Gasteiger charge is -2.22. The molecule has 6 nitrogen and oxygen atoms in total. The van der Waals surface area contributed by atoms with Crippen molar-refractivity contribution < 1.29 is 59.0 Å². The first-order valence-electron chi connectivity index (χ1n) is 20.5. The summed E-state index contributed by atoms with van der Waals surface area (Å²) in [6.45, 7) is -26.2. The maximum absolute atomic E-state index is 12.6. The van der Waals surface area contributed by atoms with E-state index in [1.165, 1.54) is 36.4 Å². The minimum absolute atomic E-state index is 0.00771. The van der Waals surface area contributed by atoms with Crippen LogP contribution in [0.4, 0.5) is 0 Å². The van der Waals surface area contributed by atoms with Crippen LogP contribution in [-0.4, -0.2) is 30.5 Å². The van der Waals surface area contributed by atoms with Crippen LogP contribution in [0.2, 0.25) is 0 Å². The second-order valence-corrected chi connectivity index (χ2v) is 7.05. The normalized spacial score (nSPS) is 30.1. The van der Waals surface area contributed by atoms with E-state index in [1.807, 2.05) is 0 Å². The van der Waals surface area contributed by atoms with Gasteiger partial charge in [-0.2, -0.15) is 0 Å². The largest absolute Gasteiger partial charge is 0.454 e. The predicted octanol–water partition coefficient (Wildman–Crippen LogP) is 5.88. The van der Waals surface area contributed by atoms with Gasteiger partial charge in [0, 0.05) is 30.1 Å². The van der Waals surface area contributed by atoms with Crippen LogP contribution in [0.25, 0.3) is 12.2 Å². The Kier molecular flexibility index (Phi) is 2.76. The Morgan fingerprint density at radius 2 is 1.41 bits per heavy atom. The highest BCUT2D eigenvalue weighted by molar-refractivity contribution is 5.97. The number of carbonyl (C=O) groups excluding carboxylic acids is 1.